The SMILES string of the molecule is O=[N+]([O-])C1(O)C=C(F)C=CC1. The predicted molar refractivity (Wildman–Crippen MR) is 34.9 cm³/mol. The molecule has 0 fully saturated rings. The average Bonchev–Trinajstić information content (AvgIpc) is 1.86. The number of nitrogens with zero attached hydrogens (tertiary/aromatic N) is 1. The summed E-state index contributed by atoms with van der Waals surface area (Å²) in [4.78, 5) is 9.21. The summed E-state index contributed by atoms with van der Waals surface area (Å²) in [5, 5.41) is 19.2. The van der Waals surface area contributed by atoms with Gasteiger partial charge in [0.1, 0.15) is 5.83 Å². The fourth-order valence-corrected chi connectivity index (χ4v) is 0.800. The minimum atomic E-state index is -2.25. The summed E-state index contributed by atoms with van der Waals surface area (Å²) in [6, 6.07) is 0. The van der Waals surface area contributed by atoms with Crippen molar-refractivity contribution in [1.82, 2.24) is 0 Å². The molecule has 0 aliphatic heterocycles. The van der Waals surface area contributed by atoms with Crippen LogP contribution in [0, 0.1) is 10.1 Å². The van der Waals surface area contributed by atoms with Crippen LogP contribution in [0.2, 0.25) is 0 Å². The van der Waals surface area contributed by atoms with Crippen LogP contribution < -0.4 is 0 Å². The second-order valence-electron chi connectivity index (χ2n) is 2.27. The Hall–Kier alpha value is -1.23. The van der Waals surface area contributed by atoms with Gasteiger partial charge in [-0.15, -0.1) is 0 Å². The van der Waals surface area contributed by atoms with E-state index in [9.17, 15) is 14.5 Å². The predicted octanol–water partition coefficient (Wildman–Crippen LogP) is 0.765. The van der Waals surface area contributed by atoms with Gasteiger partial charge >= 0.3 is 5.72 Å². The molecule has 1 aliphatic carbocycles. The Balaban J connectivity index is 2.92. The fraction of sp³-hybridized carbons (Fsp3) is 0.333. The molecule has 0 saturated carbocycles. The second kappa shape index (κ2) is 2.43. The van der Waals surface area contributed by atoms with Gasteiger partial charge in [0.25, 0.3) is 0 Å². The highest BCUT2D eigenvalue weighted by atomic mass is 19.1. The number of rotatable bonds is 1. The molecule has 0 aromatic heterocycles. The maximum atomic E-state index is 12.3. The molecule has 1 rings (SSSR count). The first-order valence-electron chi connectivity index (χ1n) is 2.96. The zero-order valence-electron chi connectivity index (χ0n) is 5.53. The van der Waals surface area contributed by atoms with E-state index in [-0.39, 0.29) is 6.42 Å². The summed E-state index contributed by atoms with van der Waals surface area (Å²) in [6.45, 7) is 0. The molecule has 1 unspecified atom stereocenters. The summed E-state index contributed by atoms with van der Waals surface area (Å²) in [5.74, 6) is -0.782. The molecule has 0 bridgehead atoms. The Labute approximate surface area is 61.8 Å². The van der Waals surface area contributed by atoms with Gasteiger partial charge < -0.3 is 5.11 Å². The van der Waals surface area contributed by atoms with E-state index in [2.05, 4.69) is 0 Å². The molecular formula is C6H6FNO3. The third kappa shape index (κ3) is 1.43. The van der Waals surface area contributed by atoms with Crippen LogP contribution in [-0.2, 0) is 0 Å². The minimum Gasteiger partial charge on any atom is -0.327 e. The lowest BCUT2D eigenvalue weighted by molar-refractivity contribution is -0.607. The van der Waals surface area contributed by atoms with Gasteiger partial charge in [0.15, 0.2) is 0 Å². The van der Waals surface area contributed by atoms with E-state index in [1.807, 2.05) is 0 Å². The van der Waals surface area contributed by atoms with Crippen LogP contribution in [0.3, 0.4) is 0 Å². The van der Waals surface area contributed by atoms with Gasteiger partial charge in [0.05, 0.1) is 17.4 Å². The molecule has 0 aromatic carbocycles. The smallest absolute Gasteiger partial charge is 0.327 e. The summed E-state index contributed by atoms with van der Waals surface area (Å²) in [6.07, 6.45) is 2.70. The molecule has 0 radical (unpaired) electrons. The molecule has 0 heterocycles. The van der Waals surface area contributed by atoms with Crippen LogP contribution >= 0.6 is 0 Å². The first-order chi connectivity index (χ1) is 5.04. The average molecular weight is 159 g/mol. The Morgan fingerprint density at radius 2 is 2.45 bits per heavy atom. The van der Waals surface area contributed by atoms with Gasteiger partial charge in [-0.05, 0) is 6.08 Å². The monoisotopic (exact) mass is 159 g/mol. The zero-order chi connectivity index (χ0) is 8.48. The molecule has 60 valence electrons. The molecule has 1 aliphatic rings. The molecule has 4 nitrogen and oxygen atoms in total. The highest BCUT2D eigenvalue weighted by Crippen LogP contribution is 2.21. The standard InChI is InChI=1S/C6H6FNO3/c7-5-2-1-3-6(9,4-5)8(10)11/h1-2,4,9H,3H2. The number of allylic oxidation sites excluding steroid dienone is 2. The van der Waals surface area contributed by atoms with Crippen molar-refractivity contribution in [2.75, 3.05) is 0 Å². The largest absolute Gasteiger partial charge is 0.348 e. The van der Waals surface area contributed by atoms with Gasteiger partial charge in [-0.1, -0.05) is 6.08 Å². The van der Waals surface area contributed by atoms with Crippen molar-refractivity contribution in [1.29, 1.82) is 0 Å². The van der Waals surface area contributed by atoms with Gasteiger partial charge in [-0.25, -0.2) is 4.39 Å². The molecule has 1 atom stereocenters. The van der Waals surface area contributed by atoms with E-state index < -0.39 is 16.5 Å². The van der Waals surface area contributed by atoms with Crippen molar-refractivity contribution in [2.45, 2.75) is 12.1 Å². The summed E-state index contributed by atoms with van der Waals surface area (Å²) >= 11 is 0. The van der Waals surface area contributed by atoms with E-state index in [0.717, 1.165) is 6.08 Å². The van der Waals surface area contributed by atoms with E-state index in [0.29, 0.717) is 6.08 Å². The second-order valence-corrected chi connectivity index (χ2v) is 2.27. The van der Waals surface area contributed by atoms with E-state index in [4.69, 9.17) is 5.11 Å². The Morgan fingerprint density at radius 1 is 1.82 bits per heavy atom. The Bertz CT molecular complexity index is 248. The van der Waals surface area contributed by atoms with Crippen LogP contribution in [0.1, 0.15) is 6.42 Å². The molecule has 1 N–H and O–H groups in total. The van der Waals surface area contributed by atoms with Crippen molar-refractivity contribution >= 4 is 0 Å². The Morgan fingerprint density at radius 3 is 2.82 bits per heavy atom. The van der Waals surface area contributed by atoms with Crippen LogP contribution in [0.25, 0.3) is 0 Å². The molecular weight excluding hydrogens is 153 g/mol. The first kappa shape index (κ1) is 7.87. The highest BCUT2D eigenvalue weighted by molar-refractivity contribution is 5.20. The van der Waals surface area contributed by atoms with Crippen molar-refractivity contribution in [3.05, 3.63) is 34.2 Å². The van der Waals surface area contributed by atoms with Gasteiger partial charge in [0, 0.05) is 0 Å². The number of hydrogen-bond acceptors (Lipinski definition) is 3. The highest BCUT2D eigenvalue weighted by Gasteiger charge is 2.38. The van der Waals surface area contributed by atoms with E-state index in [1.54, 1.807) is 0 Å². The molecule has 11 heavy (non-hydrogen) atoms. The van der Waals surface area contributed by atoms with Gasteiger partial charge in [0.2, 0.25) is 0 Å². The number of halogens is 1. The third-order valence-corrected chi connectivity index (χ3v) is 1.38. The minimum absolute atomic E-state index is 0.187. The summed E-state index contributed by atoms with van der Waals surface area (Å²) < 4.78 is 12.3. The van der Waals surface area contributed by atoms with Crippen molar-refractivity contribution in [2.24, 2.45) is 0 Å². The third-order valence-electron chi connectivity index (χ3n) is 1.38. The molecule has 0 saturated heterocycles. The van der Waals surface area contributed by atoms with Crippen LogP contribution in [0.4, 0.5) is 4.39 Å². The van der Waals surface area contributed by atoms with Crippen LogP contribution in [-0.4, -0.2) is 15.8 Å². The topological polar surface area (TPSA) is 63.4 Å². The fourth-order valence-electron chi connectivity index (χ4n) is 0.800. The molecule has 0 aromatic rings. The lowest BCUT2D eigenvalue weighted by Crippen LogP contribution is -2.36. The number of hydrogen-bond donors (Lipinski definition) is 1. The lowest BCUT2D eigenvalue weighted by atomic mass is 10.1. The summed E-state index contributed by atoms with van der Waals surface area (Å²) in [7, 11) is 0. The first-order valence-corrected chi connectivity index (χ1v) is 2.96. The van der Waals surface area contributed by atoms with Crippen molar-refractivity contribution in [3.8, 4) is 0 Å². The number of aliphatic hydroxyl groups is 1. The van der Waals surface area contributed by atoms with Gasteiger partial charge in [-0.2, -0.15) is 0 Å². The maximum Gasteiger partial charge on any atom is 0.348 e. The molecule has 0 spiro atoms. The van der Waals surface area contributed by atoms with Crippen molar-refractivity contribution < 1.29 is 14.4 Å². The number of nitro groups is 1. The van der Waals surface area contributed by atoms with E-state index >= 15 is 0 Å². The van der Waals surface area contributed by atoms with Crippen LogP contribution in [0.15, 0.2) is 24.1 Å². The molecule has 5 heteroatoms. The van der Waals surface area contributed by atoms with Gasteiger partial charge in [-0.3, -0.25) is 10.1 Å². The quantitative estimate of drug-likeness (QED) is 0.349. The lowest BCUT2D eigenvalue weighted by Gasteiger charge is -2.15. The normalized spacial score (nSPS) is 29.8. The zero-order valence-corrected chi connectivity index (χ0v) is 5.53. The van der Waals surface area contributed by atoms with Crippen LogP contribution in [0.5, 0.6) is 0 Å². The Kier molecular flexibility index (Phi) is 1.74. The van der Waals surface area contributed by atoms with Crippen molar-refractivity contribution in [3.63, 3.8) is 0 Å². The molecule has 0 amide bonds. The summed E-state index contributed by atoms with van der Waals surface area (Å²) in [5.41, 5.74) is -2.25. The van der Waals surface area contributed by atoms with E-state index in [1.165, 1.54) is 6.08 Å². The maximum absolute atomic E-state index is 12.3.